The molecule has 20 heavy (non-hydrogen) atoms. The first-order chi connectivity index (χ1) is 9.79. The van der Waals surface area contributed by atoms with Crippen LogP contribution in [0.4, 0.5) is 0 Å². The van der Waals surface area contributed by atoms with Gasteiger partial charge in [-0.15, -0.1) is 0 Å². The zero-order chi connectivity index (χ0) is 13.9. The fourth-order valence-corrected chi connectivity index (χ4v) is 3.06. The number of carbonyl (C=O) groups excluding carboxylic acids is 1. The molecule has 2 N–H and O–H groups in total. The highest BCUT2D eigenvalue weighted by molar-refractivity contribution is 5.89. The third kappa shape index (κ3) is 2.43. The van der Waals surface area contributed by atoms with Gasteiger partial charge >= 0.3 is 0 Å². The third-order valence-corrected chi connectivity index (χ3v) is 4.17. The van der Waals surface area contributed by atoms with Gasteiger partial charge in [0, 0.05) is 23.6 Å². The molecule has 1 fully saturated rings. The van der Waals surface area contributed by atoms with Gasteiger partial charge in [-0.2, -0.15) is 0 Å². The highest BCUT2D eigenvalue weighted by Gasteiger charge is 2.26. The second-order valence-electron chi connectivity index (χ2n) is 5.46. The number of likely N-dealkylation sites (tertiary alicyclic amines) is 1. The van der Waals surface area contributed by atoms with E-state index in [0.717, 1.165) is 42.3 Å². The minimum absolute atomic E-state index is 0.00135. The van der Waals surface area contributed by atoms with E-state index in [9.17, 15) is 9.90 Å². The molecule has 1 aliphatic heterocycles. The van der Waals surface area contributed by atoms with Gasteiger partial charge in [0.05, 0.1) is 19.1 Å². The fourth-order valence-electron chi connectivity index (χ4n) is 3.06. The number of hydrogen-bond acceptors (Lipinski definition) is 2. The number of piperidine rings is 1. The van der Waals surface area contributed by atoms with Crippen molar-refractivity contribution in [3.8, 4) is 0 Å². The third-order valence-electron chi connectivity index (χ3n) is 4.17. The van der Waals surface area contributed by atoms with Crippen molar-refractivity contribution in [1.29, 1.82) is 0 Å². The number of aliphatic hydroxyl groups is 1. The lowest BCUT2D eigenvalue weighted by Crippen LogP contribution is -2.46. The number of amides is 1. The number of para-hydroxylation sites is 1. The Balaban J connectivity index is 1.78. The van der Waals surface area contributed by atoms with Crippen LogP contribution in [0.5, 0.6) is 0 Å². The van der Waals surface area contributed by atoms with Crippen molar-refractivity contribution in [3.05, 3.63) is 36.0 Å². The zero-order valence-corrected chi connectivity index (χ0v) is 11.5. The zero-order valence-electron chi connectivity index (χ0n) is 11.5. The van der Waals surface area contributed by atoms with Crippen LogP contribution in [0.1, 0.15) is 24.8 Å². The molecule has 1 atom stereocenters. The number of nitrogens with zero attached hydrogens (tertiary/aromatic N) is 1. The van der Waals surface area contributed by atoms with E-state index in [1.54, 1.807) is 0 Å². The Morgan fingerprint density at radius 2 is 2.20 bits per heavy atom. The average molecular weight is 272 g/mol. The molecule has 1 aromatic heterocycles. The van der Waals surface area contributed by atoms with Crippen LogP contribution in [-0.4, -0.2) is 40.1 Å². The molecule has 0 radical (unpaired) electrons. The first kappa shape index (κ1) is 13.2. The van der Waals surface area contributed by atoms with Gasteiger partial charge in [-0.05, 0) is 30.9 Å². The lowest BCUT2D eigenvalue weighted by Gasteiger charge is -2.34. The summed E-state index contributed by atoms with van der Waals surface area (Å²) < 4.78 is 0. The number of aromatic nitrogens is 1. The summed E-state index contributed by atoms with van der Waals surface area (Å²) in [4.78, 5) is 17.5. The van der Waals surface area contributed by atoms with Crippen LogP contribution in [0.3, 0.4) is 0 Å². The summed E-state index contributed by atoms with van der Waals surface area (Å²) in [5.74, 6) is 0.119. The van der Waals surface area contributed by atoms with Crippen molar-refractivity contribution >= 4 is 16.8 Å². The first-order valence-electron chi connectivity index (χ1n) is 7.25. The molecule has 1 saturated heterocycles. The number of carbonyl (C=O) groups is 1. The highest BCUT2D eigenvalue weighted by Crippen LogP contribution is 2.21. The van der Waals surface area contributed by atoms with Crippen LogP contribution in [0, 0.1) is 0 Å². The van der Waals surface area contributed by atoms with Crippen LogP contribution in [0.15, 0.2) is 30.5 Å². The number of nitrogens with one attached hydrogen (secondary N) is 1. The molecule has 1 unspecified atom stereocenters. The summed E-state index contributed by atoms with van der Waals surface area (Å²) in [6.07, 6.45) is 5.37. The average Bonchev–Trinajstić information content (AvgIpc) is 2.90. The molecule has 0 bridgehead atoms. The van der Waals surface area contributed by atoms with Gasteiger partial charge in [0.25, 0.3) is 0 Å². The van der Waals surface area contributed by atoms with Crippen LogP contribution >= 0.6 is 0 Å². The second-order valence-corrected chi connectivity index (χ2v) is 5.46. The molecule has 1 aliphatic rings. The van der Waals surface area contributed by atoms with Gasteiger partial charge in [0.2, 0.25) is 5.91 Å². The Kier molecular flexibility index (Phi) is 3.74. The van der Waals surface area contributed by atoms with Crippen molar-refractivity contribution in [2.75, 3.05) is 13.2 Å². The molecule has 0 aliphatic carbocycles. The lowest BCUT2D eigenvalue weighted by atomic mass is 10.0. The number of aromatic amines is 1. The van der Waals surface area contributed by atoms with Crippen molar-refractivity contribution in [2.24, 2.45) is 0 Å². The maximum Gasteiger partial charge on any atom is 0.227 e. The molecule has 4 nitrogen and oxygen atoms in total. The minimum Gasteiger partial charge on any atom is -0.394 e. The minimum atomic E-state index is 0.00135. The van der Waals surface area contributed by atoms with E-state index >= 15 is 0 Å². The molecule has 0 spiro atoms. The van der Waals surface area contributed by atoms with Crippen molar-refractivity contribution in [3.63, 3.8) is 0 Å². The molecule has 2 aromatic rings. The van der Waals surface area contributed by atoms with Crippen LogP contribution in [0.2, 0.25) is 0 Å². The normalized spacial score (nSPS) is 19.4. The maximum atomic E-state index is 12.5. The van der Waals surface area contributed by atoms with Gasteiger partial charge in [-0.25, -0.2) is 0 Å². The Hall–Kier alpha value is -1.81. The molecule has 3 rings (SSSR count). The molecule has 1 amide bonds. The summed E-state index contributed by atoms with van der Waals surface area (Å²) in [5, 5.41) is 10.5. The standard InChI is InChI=1S/C16H20N2O2/c19-11-13-5-3-4-8-18(13)16(20)9-12-10-17-15-7-2-1-6-14(12)15/h1-2,6-7,10,13,17,19H,3-5,8-9,11H2. The van der Waals surface area contributed by atoms with Crippen molar-refractivity contribution in [2.45, 2.75) is 31.7 Å². The number of rotatable bonds is 3. The quantitative estimate of drug-likeness (QED) is 0.899. The molecule has 106 valence electrons. The molecule has 2 heterocycles. The largest absolute Gasteiger partial charge is 0.394 e. The Labute approximate surface area is 118 Å². The second kappa shape index (κ2) is 5.67. The van der Waals surface area contributed by atoms with E-state index in [1.807, 2.05) is 35.4 Å². The summed E-state index contributed by atoms with van der Waals surface area (Å²) in [7, 11) is 0. The van der Waals surface area contributed by atoms with Gasteiger partial charge in [-0.1, -0.05) is 18.2 Å². The van der Waals surface area contributed by atoms with Crippen molar-refractivity contribution in [1.82, 2.24) is 9.88 Å². The Bertz CT molecular complexity index is 605. The topological polar surface area (TPSA) is 56.3 Å². The first-order valence-corrected chi connectivity index (χ1v) is 7.25. The van der Waals surface area contributed by atoms with E-state index < -0.39 is 0 Å². The number of aliphatic hydroxyl groups excluding tert-OH is 1. The number of hydrogen-bond donors (Lipinski definition) is 2. The lowest BCUT2D eigenvalue weighted by molar-refractivity contribution is -0.135. The summed E-state index contributed by atoms with van der Waals surface area (Å²) in [6.45, 7) is 0.839. The van der Waals surface area contributed by atoms with Crippen molar-refractivity contribution < 1.29 is 9.90 Å². The maximum absolute atomic E-state index is 12.5. The molecule has 0 saturated carbocycles. The number of fused-ring (bicyclic) bond motifs is 1. The van der Waals surface area contributed by atoms with Crippen LogP contribution in [0.25, 0.3) is 10.9 Å². The molecule has 1 aromatic carbocycles. The monoisotopic (exact) mass is 272 g/mol. The van der Waals surface area contributed by atoms with E-state index in [0.29, 0.717) is 6.42 Å². The molecule has 4 heteroatoms. The predicted molar refractivity (Wildman–Crippen MR) is 78.4 cm³/mol. The van der Waals surface area contributed by atoms with Gasteiger partial charge < -0.3 is 15.0 Å². The Morgan fingerprint density at radius 1 is 1.35 bits per heavy atom. The van der Waals surface area contributed by atoms with Gasteiger partial charge in [-0.3, -0.25) is 4.79 Å². The molecular weight excluding hydrogens is 252 g/mol. The van der Waals surface area contributed by atoms with Gasteiger partial charge in [0.1, 0.15) is 0 Å². The van der Waals surface area contributed by atoms with E-state index in [2.05, 4.69) is 4.98 Å². The SMILES string of the molecule is O=C(Cc1c[nH]c2ccccc12)N1CCCCC1CO. The van der Waals surface area contributed by atoms with E-state index in [-0.39, 0.29) is 18.6 Å². The Morgan fingerprint density at radius 3 is 3.05 bits per heavy atom. The molecular formula is C16H20N2O2. The summed E-state index contributed by atoms with van der Waals surface area (Å²) in [5.41, 5.74) is 2.10. The number of H-pyrrole nitrogens is 1. The predicted octanol–water partition coefficient (Wildman–Crippen LogP) is 2.08. The van der Waals surface area contributed by atoms with Gasteiger partial charge in [0.15, 0.2) is 0 Å². The van der Waals surface area contributed by atoms with Crippen LogP contribution < -0.4 is 0 Å². The fraction of sp³-hybridized carbons (Fsp3) is 0.438. The summed E-state index contributed by atoms with van der Waals surface area (Å²) in [6, 6.07) is 8.02. The van der Waals surface area contributed by atoms with E-state index in [4.69, 9.17) is 0 Å². The van der Waals surface area contributed by atoms with Crippen LogP contribution in [-0.2, 0) is 11.2 Å². The smallest absolute Gasteiger partial charge is 0.227 e. The number of benzene rings is 1. The summed E-state index contributed by atoms with van der Waals surface area (Å²) >= 11 is 0. The highest BCUT2D eigenvalue weighted by atomic mass is 16.3. The van der Waals surface area contributed by atoms with E-state index in [1.165, 1.54) is 0 Å².